The first-order valence-electron chi connectivity index (χ1n) is 10.3. The van der Waals surface area contributed by atoms with E-state index in [1.807, 2.05) is 39.0 Å². The van der Waals surface area contributed by atoms with E-state index in [0.717, 1.165) is 15.8 Å². The maximum Gasteiger partial charge on any atom is 0.321 e. The molecule has 2 N–H and O–H groups in total. The summed E-state index contributed by atoms with van der Waals surface area (Å²) in [5.41, 5.74) is 2.46. The molecular formula is C23H26N4O3S. The third kappa shape index (κ3) is 6.18. The molecule has 0 unspecified atom stereocenters. The lowest BCUT2D eigenvalue weighted by molar-refractivity contribution is 0.0962. The number of nitrogens with zero attached hydrogens (tertiary/aromatic N) is 2. The van der Waals surface area contributed by atoms with Crippen LogP contribution in [0.2, 0.25) is 0 Å². The summed E-state index contributed by atoms with van der Waals surface area (Å²) < 4.78 is 0.941. The zero-order valence-corrected chi connectivity index (χ0v) is 18.7. The Bertz CT molecular complexity index is 1110. The number of amides is 2. The lowest BCUT2D eigenvalue weighted by Crippen LogP contribution is -2.28. The molecule has 2 amide bonds. The Balaban J connectivity index is 1.64. The quantitative estimate of drug-likeness (QED) is 0.464. The third-order valence-corrected chi connectivity index (χ3v) is 5.50. The van der Waals surface area contributed by atoms with Gasteiger partial charge in [0, 0.05) is 19.4 Å². The highest BCUT2D eigenvalue weighted by Gasteiger charge is 2.14. The predicted molar refractivity (Wildman–Crippen MR) is 123 cm³/mol. The molecule has 0 aliphatic heterocycles. The molecule has 0 bridgehead atoms. The smallest absolute Gasteiger partial charge is 0.321 e. The van der Waals surface area contributed by atoms with Crippen molar-refractivity contribution >= 4 is 44.3 Å². The van der Waals surface area contributed by atoms with Crippen LogP contribution in [0.25, 0.3) is 10.2 Å². The van der Waals surface area contributed by atoms with E-state index < -0.39 is 0 Å². The number of hydrogen-bond donors (Lipinski definition) is 2. The van der Waals surface area contributed by atoms with Crippen molar-refractivity contribution in [3.8, 4) is 0 Å². The molecule has 31 heavy (non-hydrogen) atoms. The molecule has 0 saturated heterocycles. The van der Waals surface area contributed by atoms with Crippen LogP contribution in [-0.2, 0) is 6.42 Å². The number of pyridine rings is 1. The number of carbonyl (C=O) groups is 3. The first kappa shape index (κ1) is 22.6. The number of Topliss-reactive ketones (excluding diaryl/α,β-unsaturated/α-hetero) is 2. The van der Waals surface area contributed by atoms with Crippen LogP contribution in [-0.4, -0.2) is 34.1 Å². The number of urea groups is 1. The lowest BCUT2D eigenvalue weighted by atomic mass is 10.0. The van der Waals surface area contributed by atoms with Crippen LogP contribution >= 0.6 is 11.3 Å². The maximum atomic E-state index is 12.6. The van der Waals surface area contributed by atoms with Gasteiger partial charge in [-0.15, -0.1) is 0 Å². The Labute approximate surface area is 185 Å². The number of nitrogens with one attached hydrogen (secondary N) is 2. The molecule has 7 nitrogen and oxygen atoms in total. The van der Waals surface area contributed by atoms with Gasteiger partial charge in [0.1, 0.15) is 11.4 Å². The largest absolute Gasteiger partial charge is 0.338 e. The average Bonchev–Trinajstić information content (AvgIpc) is 3.13. The third-order valence-electron chi connectivity index (χ3n) is 4.57. The van der Waals surface area contributed by atoms with Crippen LogP contribution in [0.15, 0.2) is 36.4 Å². The second-order valence-electron chi connectivity index (χ2n) is 7.66. The number of thiazole rings is 1. The van der Waals surface area contributed by atoms with E-state index in [0.29, 0.717) is 42.3 Å². The lowest BCUT2D eigenvalue weighted by Gasteiger charge is -2.06. The summed E-state index contributed by atoms with van der Waals surface area (Å²) in [6.45, 7) is 6.34. The molecule has 3 aromatic rings. The topological polar surface area (TPSA) is 101 Å². The van der Waals surface area contributed by atoms with Gasteiger partial charge in [-0.2, -0.15) is 0 Å². The van der Waals surface area contributed by atoms with E-state index in [9.17, 15) is 14.4 Å². The van der Waals surface area contributed by atoms with Gasteiger partial charge in [0.2, 0.25) is 0 Å². The van der Waals surface area contributed by atoms with Gasteiger partial charge in [0.05, 0.1) is 10.2 Å². The summed E-state index contributed by atoms with van der Waals surface area (Å²) in [5.74, 6) is 0.103. The number of ketones is 2. The molecule has 1 aromatic carbocycles. The van der Waals surface area contributed by atoms with Gasteiger partial charge in [-0.3, -0.25) is 14.9 Å². The highest BCUT2D eigenvalue weighted by Crippen LogP contribution is 2.27. The van der Waals surface area contributed by atoms with Gasteiger partial charge in [-0.25, -0.2) is 14.8 Å². The molecule has 2 heterocycles. The van der Waals surface area contributed by atoms with E-state index in [4.69, 9.17) is 0 Å². The van der Waals surface area contributed by atoms with Gasteiger partial charge in [-0.05, 0) is 49.1 Å². The molecule has 2 aromatic heterocycles. The molecule has 0 spiro atoms. The molecule has 0 fully saturated rings. The van der Waals surface area contributed by atoms with Crippen molar-refractivity contribution in [3.05, 3.63) is 53.3 Å². The van der Waals surface area contributed by atoms with Crippen molar-refractivity contribution in [3.63, 3.8) is 0 Å². The van der Waals surface area contributed by atoms with Crippen molar-refractivity contribution < 1.29 is 14.4 Å². The van der Waals surface area contributed by atoms with Gasteiger partial charge in [0.15, 0.2) is 16.7 Å². The number of rotatable bonds is 9. The zero-order chi connectivity index (χ0) is 22.4. The van der Waals surface area contributed by atoms with Gasteiger partial charge in [-0.1, -0.05) is 37.3 Å². The minimum absolute atomic E-state index is 0.0441. The molecule has 0 radical (unpaired) electrons. The Kier molecular flexibility index (Phi) is 7.46. The summed E-state index contributed by atoms with van der Waals surface area (Å²) >= 11 is 1.39. The molecular weight excluding hydrogens is 412 g/mol. The standard InChI is InChI=1S/C23H26N4O3S/c1-4-24-22(30)27-23-26-18-10-8-15(13-21(18)31-23)9-11-19(28)16-6-5-7-17(25-16)20(29)12-14(2)3/h5-8,10,13-14H,4,9,11-12H2,1-3H3,(H2,24,26,27,30). The van der Waals surface area contributed by atoms with Crippen LogP contribution in [0.1, 0.15) is 60.2 Å². The number of aryl methyl sites for hydroxylation is 1. The fourth-order valence-corrected chi connectivity index (χ4v) is 4.01. The van der Waals surface area contributed by atoms with Crippen LogP contribution in [0.4, 0.5) is 9.93 Å². The van der Waals surface area contributed by atoms with Gasteiger partial charge >= 0.3 is 6.03 Å². The summed E-state index contributed by atoms with van der Waals surface area (Å²) in [4.78, 5) is 45.2. The second-order valence-corrected chi connectivity index (χ2v) is 8.69. The first-order chi connectivity index (χ1) is 14.9. The number of aromatic nitrogens is 2. The molecule has 0 aliphatic carbocycles. The number of anilines is 1. The fourth-order valence-electron chi connectivity index (χ4n) is 3.09. The van der Waals surface area contributed by atoms with E-state index in [1.54, 1.807) is 18.2 Å². The molecule has 0 saturated carbocycles. The zero-order valence-electron chi connectivity index (χ0n) is 17.9. The van der Waals surface area contributed by atoms with Crippen molar-refractivity contribution in [2.45, 2.75) is 40.0 Å². The number of hydrogen-bond acceptors (Lipinski definition) is 6. The van der Waals surface area contributed by atoms with Crippen LogP contribution in [0.5, 0.6) is 0 Å². The second kappa shape index (κ2) is 10.3. The van der Waals surface area contributed by atoms with Crippen LogP contribution in [0.3, 0.4) is 0 Å². The van der Waals surface area contributed by atoms with Crippen molar-refractivity contribution in [1.82, 2.24) is 15.3 Å². The summed E-state index contributed by atoms with van der Waals surface area (Å²) in [6.07, 6.45) is 1.26. The highest BCUT2D eigenvalue weighted by molar-refractivity contribution is 7.22. The Hall–Kier alpha value is -3.13. The minimum atomic E-state index is -0.283. The van der Waals surface area contributed by atoms with Crippen molar-refractivity contribution in [1.29, 1.82) is 0 Å². The molecule has 0 atom stereocenters. The summed E-state index contributed by atoms with van der Waals surface area (Å²) in [6, 6.07) is 10.5. The van der Waals surface area contributed by atoms with E-state index in [1.165, 1.54) is 11.3 Å². The van der Waals surface area contributed by atoms with E-state index in [2.05, 4.69) is 20.6 Å². The Morgan fingerprint density at radius 3 is 2.48 bits per heavy atom. The first-order valence-corrected chi connectivity index (χ1v) is 11.1. The number of fused-ring (bicyclic) bond motifs is 1. The van der Waals surface area contributed by atoms with Crippen LogP contribution < -0.4 is 10.6 Å². The van der Waals surface area contributed by atoms with E-state index >= 15 is 0 Å². The number of benzene rings is 1. The van der Waals surface area contributed by atoms with Crippen molar-refractivity contribution in [2.75, 3.05) is 11.9 Å². The van der Waals surface area contributed by atoms with Crippen molar-refractivity contribution in [2.24, 2.45) is 5.92 Å². The fraction of sp³-hybridized carbons (Fsp3) is 0.348. The normalized spacial score (nSPS) is 11.0. The predicted octanol–water partition coefficient (Wildman–Crippen LogP) is 4.88. The number of carbonyl (C=O) groups excluding carboxylic acids is 3. The monoisotopic (exact) mass is 438 g/mol. The summed E-state index contributed by atoms with van der Waals surface area (Å²) in [5, 5.41) is 5.92. The van der Waals surface area contributed by atoms with Gasteiger partial charge < -0.3 is 5.32 Å². The summed E-state index contributed by atoms with van der Waals surface area (Å²) in [7, 11) is 0. The Morgan fingerprint density at radius 1 is 1.03 bits per heavy atom. The maximum absolute atomic E-state index is 12.6. The minimum Gasteiger partial charge on any atom is -0.338 e. The van der Waals surface area contributed by atoms with E-state index in [-0.39, 0.29) is 23.5 Å². The highest BCUT2D eigenvalue weighted by atomic mass is 32.1. The SMILES string of the molecule is CCNC(=O)Nc1nc2ccc(CCC(=O)c3cccc(C(=O)CC(C)C)n3)cc2s1. The molecule has 8 heteroatoms. The molecule has 0 aliphatic rings. The Morgan fingerprint density at radius 2 is 1.77 bits per heavy atom. The molecule has 3 rings (SSSR count). The van der Waals surface area contributed by atoms with Gasteiger partial charge in [0.25, 0.3) is 0 Å². The average molecular weight is 439 g/mol. The molecule has 162 valence electrons. The van der Waals surface area contributed by atoms with Crippen LogP contribution in [0, 0.1) is 5.92 Å².